The van der Waals surface area contributed by atoms with Gasteiger partial charge in [-0.15, -0.1) is 0 Å². The molecule has 0 aliphatic heterocycles. The molecule has 0 bridgehead atoms. The van der Waals surface area contributed by atoms with E-state index in [2.05, 4.69) is 11.4 Å². The third-order valence-electron chi connectivity index (χ3n) is 2.09. The van der Waals surface area contributed by atoms with Gasteiger partial charge < -0.3 is 5.11 Å². The maximum Gasteiger partial charge on any atom is 0.120 e. The van der Waals surface area contributed by atoms with E-state index in [4.69, 9.17) is 5.26 Å². The van der Waals surface area contributed by atoms with E-state index in [1.165, 1.54) is 0 Å². The van der Waals surface area contributed by atoms with Gasteiger partial charge in [0.15, 0.2) is 0 Å². The number of hydrogen-bond donors (Lipinski definition) is 2. The number of aromatic hydroxyl groups is 1. The summed E-state index contributed by atoms with van der Waals surface area (Å²) < 4.78 is 0. The van der Waals surface area contributed by atoms with Crippen LogP contribution in [0.1, 0.15) is 18.9 Å². The van der Waals surface area contributed by atoms with E-state index in [9.17, 15) is 5.11 Å². The summed E-state index contributed by atoms with van der Waals surface area (Å²) in [5.41, 5.74) is 0.821. The summed E-state index contributed by atoms with van der Waals surface area (Å²) in [5.74, 6) is 0.271. The molecule has 1 atom stereocenters. The standard InChI is InChI=1S/C11H14N2O/c1-2-10(7-12)13-8-9-5-3-4-6-11(9)14/h3-6,10,13-14H,2,8H2,1H3. The summed E-state index contributed by atoms with van der Waals surface area (Å²) in [7, 11) is 0. The van der Waals surface area contributed by atoms with Crippen molar-refractivity contribution >= 4 is 0 Å². The van der Waals surface area contributed by atoms with Crippen LogP contribution in [-0.2, 0) is 6.54 Å². The number of phenolic OH excluding ortho intramolecular Hbond substituents is 1. The van der Waals surface area contributed by atoms with Gasteiger partial charge in [0, 0.05) is 12.1 Å². The first-order valence-electron chi connectivity index (χ1n) is 4.67. The second-order valence-electron chi connectivity index (χ2n) is 3.10. The van der Waals surface area contributed by atoms with Gasteiger partial charge in [-0.25, -0.2) is 0 Å². The summed E-state index contributed by atoms with van der Waals surface area (Å²) >= 11 is 0. The molecule has 74 valence electrons. The molecule has 0 saturated carbocycles. The van der Waals surface area contributed by atoms with Crippen molar-refractivity contribution in [2.24, 2.45) is 0 Å². The maximum atomic E-state index is 9.45. The van der Waals surface area contributed by atoms with Crippen molar-refractivity contribution in [3.05, 3.63) is 29.8 Å². The maximum absolute atomic E-state index is 9.45. The average molecular weight is 190 g/mol. The highest BCUT2D eigenvalue weighted by atomic mass is 16.3. The van der Waals surface area contributed by atoms with Crippen molar-refractivity contribution in [3.63, 3.8) is 0 Å². The number of phenols is 1. The minimum atomic E-state index is -0.144. The van der Waals surface area contributed by atoms with Crippen LogP contribution in [0, 0.1) is 11.3 Å². The van der Waals surface area contributed by atoms with Crippen LogP contribution in [-0.4, -0.2) is 11.1 Å². The number of rotatable bonds is 4. The van der Waals surface area contributed by atoms with E-state index in [1.54, 1.807) is 12.1 Å². The Morgan fingerprint density at radius 2 is 2.21 bits per heavy atom. The van der Waals surface area contributed by atoms with Crippen LogP contribution < -0.4 is 5.32 Å². The van der Waals surface area contributed by atoms with Crippen molar-refractivity contribution in [1.82, 2.24) is 5.32 Å². The third-order valence-corrected chi connectivity index (χ3v) is 2.09. The van der Waals surface area contributed by atoms with Crippen LogP contribution in [0.2, 0.25) is 0 Å². The van der Waals surface area contributed by atoms with Gasteiger partial charge in [-0.05, 0) is 12.5 Å². The first-order chi connectivity index (χ1) is 6.77. The van der Waals surface area contributed by atoms with Gasteiger partial charge in [0.05, 0.1) is 12.1 Å². The molecule has 0 amide bonds. The second-order valence-corrected chi connectivity index (χ2v) is 3.10. The van der Waals surface area contributed by atoms with Gasteiger partial charge in [0.25, 0.3) is 0 Å². The molecular formula is C11H14N2O. The predicted molar refractivity (Wildman–Crippen MR) is 54.6 cm³/mol. The number of nitrogens with one attached hydrogen (secondary N) is 1. The van der Waals surface area contributed by atoms with Gasteiger partial charge in [0.1, 0.15) is 5.75 Å². The van der Waals surface area contributed by atoms with Crippen molar-refractivity contribution in [1.29, 1.82) is 5.26 Å². The Balaban J connectivity index is 2.54. The van der Waals surface area contributed by atoms with Crippen molar-refractivity contribution in [2.75, 3.05) is 0 Å². The van der Waals surface area contributed by atoms with Gasteiger partial charge in [-0.2, -0.15) is 5.26 Å². The zero-order valence-corrected chi connectivity index (χ0v) is 8.20. The Labute approximate surface area is 84.0 Å². The van der Waals surface area contributed by atoms with Crippen molar-refractivity contribution in [2.45, 2.75) is 25.9 Å². The minimum absolute atomic E-state index is 0.144. The fourth-order valence-corrected chi connectivity index (χ4v) is 1.17. The lowest BCUT2D eigenvalue weighted by Gasteiger charge is -2.09. The van der Waals surface area contributed by atoms with Crippen LogP contribution >= 0.6 is 0 Å². The fraction of sp³-hybridized carbons (Fsp3) is 0.364. The zero-order chi connectivity index (χ0) is 10.4. The molecule has 1 aromatic rings. The molecule has 0 spiro atoms. The topological polar surface area (TPSA) is 56.0 Å². The molecule has 0 radical (unpaired) electrons. The van der Waals surface area contributed by atoms with E-state index in [0.717, 1.165) is 12.0 Å². The monoisotopic (exact) mass is 190 g/mol. The molecule has 1 aromatic carbocycles. The Kier molecular flexibility index (Phi) is 3.96. The fourth-order valence-electron chi connectivity index (χ4n) is 1.17. The Morgan fingerprint density at radius 1 is 1.50 bits per heavy atom. The first-order valence-corrected chi connectivity index (χ1v) is 4.67. The van der Waals surface area contributed by atoms with Crippen LogP contribution in [0.25, 0.3) is 0 Å². The van der Waals surface area contributed by atoms with Crippen LogP contribution in [0.15, 0.2) is 24.3 Å². The van der Waals surface area contributed by atoms with E-state index >= 15 is 0 Å². The molecule has 0 heterocycles. The summed E-state index contributed by atoms with van der Waals surface area (Å²) in [4.78, 5) is 0. The number of hydrogen-bond acceptors (Lipinski definition) is 3. The van der Waals surface area contributed by atoms with Gasteiger partial charge >= 0.3 is 0 Å². The molecule has 0 aliphatic carbocycles. The minimum Gasteiger partial charge on any atom is -0.508 e. The SMILES string of the molecule is CCC(C#N)NCc1ccccc1O. The van der Waals surface area contributed by atoms with Gasteiger partial charge in [-0.3, -0.25) is 5.32 Å². The smallest absolute Gasteiger partial charge is 0.120 e. The molecule has 2 N–H and O–H groups in total. The van der Waals surface area contributed by atoms with Gasteiger partial charge in [-0.1, -0.05) is 25.1 Å². The summed E-state index contributed by atoms with van der Waals surface area (Å²) in [6.07, 6.45) is 0.768. The molecule has 1 rings (SSSR count). The zero-order valence-electron chi connectivity index (χ0n) is 8.20. The van der Waals surface area contributed by atoms with Crippen LogP contribution in [0.4, 0.5) is 0 Å². The lowest BCUT2D eigenvalue weighted by molar-refractivity contribution is 0.461. The first kappa shape index (κ1) is 10.6. The summed E-state index contributed by atoms with van der Waals surface area (Å²) in [5, 5.41) is 21.2. The van der Waals surface area contributed by atoms with E-state index in [0.29, 0.717) is 6.54 Å². The lowest BCUT2D eigenvalue weighted by atomic mass is 10.2. The molecule has 3 heteroatoms. The van der Waals surface area contributed by atoms with Crippen molar-refractivity contribution < 1.29 is 5.11 Å². The Hall–Kier alpha value is -1.53. The lowest BCUT2D eigenvalue weighted by Crippen LogP contribution is -2.26. The van der Waals surface area contributed by atoms with Crippen LogP contribution in [0.3, 0.4) is 0 Å². The number of benzene rings is 1. The van der Waals surface area contributed by atoms with E-state index in [-0.39, 0.29) is 11.8 Å². The van der Waals surface area contributed by atoms with Crippen molar-refractivity contribution in [3.8, 4) is 11.8 Å². The summed E-state index contributed by atoms with van der Waals surface area (Å²) in [6.45, 7) is 2.48. The molecule has 1 unspecified atom stereocenters. The molecule has 0 saturated heterocycles. The highest BCUT2D eigenvalue weighted by Crippen LogP contribution is 2.15. The highest BCUT2D eigenvalue weighted by Gasteiger charge is 2.04. The molecule has 14 heavy (non-hydrogen) atoms. The summed E-state index contributed by atoms with van der Waals surface area (Å²) in [6, 6.07) is 9.13. The number of para-hydroxylation sites is 1. The number of nitrogens with zero attached hydrogens (tertiary/aromatic N) is 1. The second kappa shape index (κ2) is 5.25. The van der Waals surface area contributed by atoms with Gasteiger partial charge in [0.2, 0.25) is 0 Å². The Bertz CT molecular complexity index is 330. The normalized spacial score (nSPS) is 12.0. The third kappa shape index (κ3) is 2.75. The number of nitriles is 1. The quantitative estimate of drug-likeness (QED) is 0.761. The average Bonchev–Trinajstić information content (AvgIpc) is 2.22. The highest BCUT2D eigenvalue weighted by molar-refractivity contribution is 5.31. The molecule has 0 aromatic heterocycles. The molecule has 3 nitrogen and oxygen atoms in total. The van der Waals surface area contributed by atoms with E-state index < -0.39 is 0 Å². The molecule has 0 fully saturated rings. The molecular weight excluding hydrogens is 176 g/mol. The largest absolute Gasteiger partial charge is 0.508 e. The predicted octanol–water partition coefficient (Wildman–Crippen LogP) is 1.78. The molecule has 0 aliphatic rings. The van der Waals surface area contributed by atoms with Crippen LogP contribution in [0.5, 0.6) is 5.75 Å². The van der Waals surface area contributed by atoms with E-state index in [1.807, 2.05) is 19.1 Å². The Morgan fingerprint density at radius 3 is 2.79 bits per heavy atom.